The Balaban J connectivity index is 2.34. The Morgan fingerprint density at radius 2 is 1.90 bits per heavy atom. The first-order chi connectivity index (χ1) is 9.54. The van der Waals surface area contributed by atoms with Gasteiger partial charge in [0.25, 0.3) is 0 Å². The summed E-state index contributed by atoms with van der Waals surface area (Å²) in [6.45, 7) is 1.90. The number of hydrogen-bond acceptors (Lipinski definition) is 3. The van der Waals surface area contributed by atoms with Gasteiger partial charge in [0.1, 0.15) is 17.3 Å². The van der Waals surface area contributed by atoms with Gasteiger partial charge in [0.15, 0.2) is 0 Å². The van der Waals surface area contributed by atoms with Crippen LogP contribution in [0.4, 0.5) is 10.1 Å². The van der Waals surface area contributed by atoms with Crippen LogP contribution >= 0.6 is 0 Å². The number of rotatable bonds is 4. The Morgan fingerprint density at radius 1 is 1.20 bits per heavy atom. The Labute approximate surface area is 118 Å². The number of ether oxygens (including phenoxy) is 1. The quantitative estimate of drug-likeness (QED) is 0.922. The van der Waals surface area contributed by atoms with Gasteiger partial charge in [0, 0.05) is 18.7 Å². The molecule has 0 amide bonds. The summed E-state index contributed by atoms with van der Waals surface area (Å²) in [5.41, 5.74) is 1.41. The highest BCUT2D eigenvalue weighted by Gasteiger charge is 2.18. The van der Waals surface area contributed by atoms with Crippen molar-refractivity contribution in [3.63, 3.8) is 0 Å². The third kappa shape index (κ3) is 2.69. The summed E-state index contributed by atoms with van der Waals surface area (Å²) in [5, 5.41) is 9.28. The Morgan fingerprint density at radius 3 is 2.55 bits per heavy atom. The highest BCUT2D eigenvalue weighted by molar-refractivity contribution is 5.59. The van der Waals surface area contributed by atoms with Gasteiger partial charge in [-0.3, -0.25) is 0 Å². The topological polar surface area (TPSA) is 32.7 Å². The van der Waals surface area contributed by atoms with Crippen LogP contribution in [0.25, 0.3) is 0 Å². The molecule has 3 nitrogen and oxygen atoms in total. The number of hydrogen-bond donors (Lipinski definition) is 1. The molecule has 0 fully saturated rings. The Bertz CT molecular complexity index is 601. The van der Waals surface area contributed by atoms with Crippen molar-refractivity contribution < 1.29 is 14.2 Å². The van der Waals surface area contributed by atoms with Gasteiger partial charge in [0.05, 0.1) is 18.8 Å². The molecule has 1 unspecified atom stereocenters. The molecule has 0 spiro atoms. The lowest BCUT2D eigenvalue weighted by atomic mass is 10.1. The van der Waals surface area contributed by atoms with Gasteiger partial charge < -0.3 is 14.7 Å². The first-order valence-corrected chi connectivity index (χ1v) is 6.39. The molecule has 0 aliphatic carbocycles. The van der Waals surface area contributed by atoms with E-state index in [4.69, 9.17) is 4.74 Å². The molecule has 0 bridgehead atoms. The minimum absolute atomic E-state index is 0.0709. The fourth-order valence-corrected chi connectivity index (χ4v) is 2.19. The SMILES string of the molecule is COc1ccccc1N(C)C(C)c1ccc(O)cc1F. The third-order valence-corrected chi connectivity index (χ3v) is 3.48. The van der Waals surface area contributed by atoms with E-state index < -0.39 is 5.82 Å². The van der Waals surface area contributed by atoms with Crippen molar-refractivity contribution in [1.82, 2.24) is 0 Å². The van der Waals surface area contributed by atoms with E-state index in [2.05, 4.69) is 0 Å². The molecule has 0 aromatic heterocycles. The average Bonchev–Trinajstić information content (AvgIpc) is 2.45. The predicted molar refractivity (Wildman–Crippen MR) is 77.9 cm³/mol. The van der Waals surface area contributed by atoms with E-state index in [1.807, 2.05) is 43.1 Å². The molecule has 0 aliphatic rings. The summed E-state index contributed by atoms with van der Waals surface area (Å²) >= 11 is 0. The molecule has 0 saturated heterocycles. The smallest absolute Gasteiger partial charge is 0.142 e. The molecule has 1 atom stereocenters. The summed E-state index contributed by atoms with van der Waals surface area (Å²) in [7, 11) is 3.49. The summed E-state index contributed by atoms with van der Waals surface area (Å²) in [6, 6.07) is 11.6. The van der Waals surface area contributed by atoms with Crippen LogP contribution in [0.2, 0.25) is 0 Å². The highest BCUT2D eigenvalue weighted by atomic mass is 19.1. The van der Waals surface area contributed by atoms with E-state index in [1.165, 1.54) is 6.07 Å². The maximum Gasteiger partial charge on any atom is 0.142 e. The van der Waals surface area contributed by atoms with Gasteiger partial charge in [-0.25, -0.2) is 4.39 Å². The number of anilines is 1. The summed E-state index contributed by atoms with van der Waals surface area (Å²) in [5.74, 6) is 0.249. The largest absolute Gasteiger partial charge is 0.508 e. The Kier molecular flexibility index (Phi) is 4.13. The normalized spacial score (nSPS) is 12.0. The van der Waals surface area contributed by atoms with E-state index in [1.54, 1.807) is 13.2 Å². The van der Waals surface area contributed by atoms with Gasteiger partial charge in [-0.05, 0) is 25.1 Å². The molecule has 0 saturated carbocycles. The Hall–Kier alpha value is -2.23. The van der Waals surface area contributed by atoms with Gasteiger partial charge in [-0.15, -0.1) is 0 Å². The number of methoxy groups -OCH3 is 1. The van der Waals surface area contributed by atoms with Crippen molar-refractivity contribution >= 4 is 5.69 Å². The molecule has 20 heavy (non-hydrogen) atoms. The van der Waals surface area contributed by atoms with Gasteiger partial charge in [0.2, 0.25) is 0 Å². The second kappa shape index (κ2) is 5.82. The molecule has 1 N–H and O–H groups in total. The zero-order chi connectivity index (χ0) is 14.7. The van der Waals surface area contributed by atoms with E-state index in [-0.39, 0.29) is 11.8 Å². The van der Waals surface area contributed by atoms with Crippen LogP contribution < -0.4 is 9.64 Å². The van der Waals surface area contributed by atoms with Gasteiger partial charge in [-0.2, -0.15) is 0 Å². The molecule has 0 radical (unpaired) electrons. The van der Waals surface area contributed by atoms with Crippen LogP contribution in [0.15, 0.2) is 42.5 Å². The zero-order valence-electron chi connectivity index (χ0n) is 11.8. The van der Waals surface area contributed by atoms with Gasteiger partial charge in [-0.1, -0.05) is 18.2 Å². The lowest BCUT2D eigenvalue weighted by molar-refractivity contribution is 0.413. The molecule has 2 rings (SSSR count). The minimum Gasteiger partial charge on any atom is -0.508 e. The average molecular weight is 275 g/mol. The number of nitrogens with zero attached hydrogens (tertiary/aromatic N) is 1. The molecule has 2 aromatic carbocycles. The monoisotopic (exact) mass is 275 g/mol. The van der Waals surface area contributed by atoms with Crippen molar-refractivity contribution in [3.8, 4) is 11.5 Å². The first-order valence-electron chi connectivity index (χ1n) is 6.39. The first kappa shape index (κ1) is 14.2. The lowest BCUT2D eigenvalue weighted by Crippen LogP contribution is -2.23. The molecule has 4 heteroatoms. The van der Waals surface area contributed by atoms with Crippen molar-refractivity contribution in [2.75, 3.05) is 19.1 Å². The maximum absolute atomic E-state index is 13.9. The minimum atomic E-state index is -0.417. The van der Waals surface area contributed by atoms with Crippen LogP contribution in [0.5, 0.6) is 11.5 Å². The molecule has 0 heterocycles. The van der Waals surface area contributed by atoms with Crippen LogP contribution in [0.1, 0.15) is 18.5 Å². The number of phenols is 1. The molecular weight excluding hydrogens is 257 g/mol. The van der Waals surface area contributed by atoms with Crippen molar-refractivity contribution in [1.29, 1.82) is 0 Å². The third-order valence-electron chi connectivity index (χ3n) is 3.48. The number of benzene rings is 2. The number of phenolic OH excluding ortho intramolecular Hbond substituents is 1. The van der Waals surface area contributed by atoms with E-state index in [0.29, 0.717) is 5.56 Å². The summed E-state index contributed by atoms with van der Waals surface area (Å²) < 4.78 is 19.3. The zero-order valence-corrected chi connectivity index (χ0v) is 11.8. The fraction of sp³-hybridized carbons (Fsp3) is 0.250. The van der Waals surface area contributed by atoms with Crippen LogP contribution in [-0.4, -0.2) is 19.3 Å². The van der Waals surface area contributed by atoms with Crippen molar-refractivity contribution in [3.05, 3.63) is 53.8 Å². The predicted octanol–water partition coefficient (Wildman–Crippen LogP) is 3.74. The van der Waals surface area contributed by atoms with Gasteiger partial charge >= 0.3 is 0 Å². The standard InChI is InChI=1S/C16H18FNO2/c1-11(13-9-8-12(19)10-14(13)17)18(2)15-6-4-5-7-16(15)20-3/h4-11,19H,1-3H3. The maximum atomic E-state index is 13.9. The number of aromatic hydroxyl groups is 1. The molecule has 0 aliphatic heterocycles. The van der Waals surface area contributed by atoms with E-state index in [0.717, 1.165) is 17.5 Å². The van der Waals surface area contributed by atoms with Crippen LogP contribution in [0, 0.1) is 5.82 Å². The van der Waals surface area contributed by atoms with Crippen LogP contribution in [0.3, 0.4) is 0 Å². The number of para-hydroxylation sites is 2. The molecule has 2 aromatic rings. The van der Waals surface area contributed by atoms with Crippen LogP contribution in [-0.2, 0) is 0 Å². The second-order valence-electron chi connectivity index (χ2n) is 4.66. The number of halogens is 1. The highest BCUT2D eigenvalue weighted by Crippen LogP contribution is 2.33. The fourth-order valence-electron chi connectivity index (χ4n) is 2.19. The van der Waals surface area contributed by atoms with Crippen molar-refractivity contribution in [2.45, 2.75) is 13.0 Å². The molecular formula is C16H18FNO2. The second-order valence-corrected chi connectivity index (χ2v) is 4.66. The van der Waals surface area contributed by atoms with E-state index in [9.17, 15) is 9.50 Å². The van der Waals surface area contributed by atoms with Crippen molar-refractivity contribution in [2.24, 2.45) is 0 Å². The van der Waals surface area contributed by atoms with E-state index >= 15 is 0 Å². The lowest BCUT2D eigenvalue weighted by Gasteiger charge is -2.29. The molecule has 106 valence electrons. The summed E-state index contributed by atoms with van der Waals surface area (Å²) in [6.07, 6.45) is 0. The summed E-state index contributed by atoms with van der Waals surface area (Å²) in [4.78, 5) is 1.94.